The SMILES string of the molecule is COc1ccc(-c2ccnc(N(C)C)c2)cc1CC1(C(N)=O)CCC([As]C)CC1.Cl.Cl. The minimum Gasteiger partial charge on any atom is -0.147 e. The van der Waals surface area contributed by atoms with Gasteiger partial charge in [0.1, 0.15) is 0 Å². The van der Waals surface area contributed by atoms with Gasteiger partial charge in [-0.2, -0.15) is 0 Å². The number of primary amides is 1. The maximum absolute atomic E-state index is 12.5. The van der Waals surface area contributed by atoms with Crippen LogP contribution in [0.25, 0.3) is 11.1 Å². The van der Waals surface area contributed by atoms with Gasteiger partial charge in [-0.1, -0.05) is 0 Å². The van der Waals surface area contributed by atoms with Crippen molar-refractivity contribution in [3.05, 3.63) is 42.1 Å². The van der Waals surface area contributed by atoms with Crippen LogP contribution in [0.3, 0.4) is 0 Å². The molecule has 0 unspecified atom stereocenters. The van der Waals surface area contributed by atoms with E-state index in [-0.39, 0.29) is 30.7 Å². The van der Waals surface area contributed by atoms with Gasteiger partial charge in [-0.15, -0.1) is 24.8 Å². The number of hydrogen-bond donors (Lipinski definition) is 1. The Balaban J connectivity index is 0.00000240. The van der Waals surface area contributed by atoms with Gasteiger partial charge in [-0.3, -0.25) is 0 Å². The Morgan fingerprint density at radius 3 is 2.39 bits per heavy atom. The maximum atomic E-state index is 12.5. The van der Waals surface area contributed by atoms with Crippen LogP contribution in [0.4, 0.5) is 5.82 Å². The second kappa shape index (κ2) is 12.0. The zero-order chi connectivity index (χ0) is 21.0. The van der Waals surface area contributed by atoms with Gasteiger partial charge < -0.3 is 0 Å². The Labute approximate surface area is 205 Å². The van der Waals surface area contributed by atoms with Crippen molar-refractivity contribution in [2.45, 2.75) is 42.5 Å². The molecule has 1 amide bonds. The second-order valence-electron chi connectivity index (χ2n) is 8.13. The fourth-order valence-corrected chi connectivity index (χ4v) is 5.85. The number of anilines is 1. The molecule has 1 aliphatic rings. The van der Waals surface area contributed by atoms with Crippen LogP contribution >= 0.6 is 24.8 Å². The van der Waals surface area contributed by atoms with Crippen LogP contribution in [0, 0.1) is 5.41 Å². The zero-order valence-corrected chi connectivity index (χ0v) is 22.1. The monoisotopic (exact) mass is 528 g/mol. The van der Waals surface area contributed by atoms with Crippen LogP contribution in [-0.2, 0) is 11.2 Å². The van der Waals surface area contributed by atoms with Gasteiger partial charge >= 0.3 is 167 Å². The first-order valence-corrected chi connectivity index (χ1v) is 13.0. The van der Waals surface area contributed by atoms with Crippen LogP contribution in [-0.4, -0.2) is 47.8 Å². The predicted molar refractivity (Wildman–Crippen MR) is 134 cm³/mol. The molecule has 1 aromatic carbocycles. The molecule has 1 fully saturated rings. The summed E-state index contributed by atoms with van der Waals surface area (Å²) in [6.45, 7) is 0. The number of ether oxygens (including phenoxy) is 1. The molecule has 1 radical (unpaired) electrons. The number of benzene rings is 1. The van der Waals surface area contributed by atoms with E-state index in [2.05, 4.69) is 28.9 Å². The Kier molecular flexibility index (Phi) is 10.7. The molecule has 0 aliphatic heterocycles. The summed E-state index contributed by atoms with van der Waals surface area (Å²) in [5, 5.41) is 0. The summed E-state index contributed by atoms with van der Waals surface area (Å²) in [5.74, 6) is 1.56. The topological polar surface area (TPSA) is 68.4 Å². The molecule has 1 aromatic heterocycles. The van der Waals surface area contributed by atoms with Crippen LogP contribution in [0.5, 0.6) is 5.75 Å². The van der Waals surface area contributed by atoms with Crippen LogP contribution < -0.4 is 15.4 Å². The Morgan fingerprint density at radius 1 is 1.19 bits per heavy atom. The van der Waals surface area contributed by atoms with E-state index in [9.17, 15) is 4.79 Å². The molecule has 1 aliphatic carbocycles. The van der Waals surface area contributed by atoms with Crippen molar-refractivity contribution in [2.24, 2.45) is 11.1 Å². The van der Waals surface area contributed by atoms with E-state index in [1.54, 1.807) is 7.11 Å². The average Bonchev–Trinajstić information content (AvgIpc) is 2.74. The van der Waals surface area contributed by atoms with E-state index in [4.69, 9.17) is 10.5 Å². The smallest absolute Gasteiger partial charge is 0.147 e. The van der Waals surface area contributed by atoms with E-state index in [0.717, 1.165) is 58.6 Å². The van der Waals surface area contributed by atoms with Crippen molar-refractivity contribution in [2.75, 3.05) is 26.1 Å². The first-order chi connectivity index (χ1) is 13.9. The molecule has 3 rings (SSSR count). The standard InChI is InChI=1S/C23H31AsN3O2.2ClH/c1-24-19-7-10-23(11-8-19,22(25)28)15-18-13-16(5-6-20(18)29-4)17-9-12-26-21(14-17)27(2)3;;/h5-6,9,12-14,19H,7-8,10-11,15H2,1-4H3,(H2,25,28);2*1H. The number of nitrogens with two attached hydrogens (primary N) is 1. The fraction of sp³-hybridized carbons (Fsp3) is 0.478. The van der Waals surface area contributed by atoms with Gasteiger partial charge in [-0.05, 0) is 0 Å². The number of carbonyl (C=O) groups is 1. The van der Waals surface area contributed by atoms with Crippen molar-refractivity contribution < 1.29 is 9.53 Å². The fourth-order valence-electron chi connectivity index (χ4n) is 4.23. The van der Waals surface area contributed by atoms with E-state index in [0.29, 0.717) is 22.2 Å². The van der Waals surface area contributed by atoms with Crippen molar-refractivity contribution >= 4 is 52.3 Å². The average molecular weight is 529 g/mol. The largest absolute Gasteiger partial charge is 0.147 e. The molecule has 1 saturated carbocycles. The molecule has 0 saturated heterocycles. The molecule has 31 heavy (non-hydrogen) atoms. The van der Waals surface area contributed by atoms with Gasteiger partial charge in [0.25, 0.3) is 0 Å². The van der Waals surface area contributed by atoms with Crippen molar-refractivity contribution in [3.8, 4) is 16.9 Å². The summed E-state index contributed by atoms with van der Waals surface area (Å²) in [6, 6.07) is 10.3. The van der Waals surface area contributed by atoms with Gasteiger partial charge in [0.2, 0.25) is 0 Å². The molecule has 0 bridgehead atoms. The number of rotatable bonds is 7. The zero-order valence-electron chi connectivity index (χ0n) is 18.6. The van der Waals surface area contributed by atoms with Crippen LogP contribution in [0.1, 0.15) is 31.2 Å². The van der Waals surface area contributed by atoms with E-state index in [1.165, 1.54) is 0 Å². The normalized spacial score (nSPS) is 20.6. The Hall–Kier alpha value is -1.42. The summed E-state index contributed by atoms with van der Waals surface area (Å²) in [4.78, 5) is 18.9. The first-order valence-electron chi connectivity index (χ1n) is 10.1. The third-order valence-electron chi connectivity index (χ3n) is 6.15. The summed E-state index contributed by atoms with van der Waals surface area (Å²) >= 11 is 0.363. The van der Waals surface area contributed by atoms with E-state index in [1.807, 2.05) is 37.3 Å². The molecule has 2 N–H and O–H groups in total. The van der Waals surface area contributed by atoms with E-state index >= 15 is 0 Å². The second-order valence-corrected chi connectivity index (χ2v) is 10.8. The van der Waals surface area contributed by atoms with E-state index < -0.39 is 5.41 Å². The van der Waals surface area contributed by atoms with Gasteiger partial charge in [-0.25, -0.2) is 0 Å². The quantitative estimate of drug-likeness (QED) is 0.524. The van der Waals surface area contributed by atoms with Gasteiger partial charge in [0, 0.05) is 14.1 Å². The third-order valence-corrected chi connectivity index (χ3v) is 8.76. The summed E-state index contributed by atoms with van der Waals surface area (Å²) in [5.41, 5.74) is 11.0. The molecule has 0 spiro atoms. The Morgan fingerprint density at radius 2 is 1.84 bits per heavy atom. The molecule has 5 nitrogen and oxygen atoms in total. The molecular weight excluding hydrogens is 496 g/mol. The molecule has 2 aromatic rings. The minimum atomic E-state index is -0.467. The molecule has 171 valence electrons. The predicted octanol–water partition coefficient (Wildman–Crippen LogP) is 4.80. The van der Waals surface area contributed by atoms with Crippen LogP contribution in [0.2, 0.25) is 10.4 Å². The third kappa shape index (κ3) is 6.31. The number of hydrogen-bond acceptors (Lipinski definition) is 4. The summed E-state index contributed by atoms with van der Waals surface area (Å²) < 4.78 is 6.44. The molecule has 0 atom stereocenters. The number of halogens is 2. The molecular formula is C23H33AsCl2N3O2. The van der Waals surface area contributed by atoms with Crippen molar-refractivity contribution in [1.29, 1.82) is 0 Å². The summed E-state index contributed by atoms with van der Waals surface area (Å²) in [6.07, 6.45) is 6.44. The number of aromatic nitrogens is 1. The maximum Gasteiger partial charge on any atom is -0.147 e. The summed E-state index contributed by atoms with van der Waals surface area (Å²) in [7, 11) is 5.65. The van der Waals surface area contributed by atoms with Crippen molar-refractivity contribution in [3.63, 3.8) is 0 Å². The van der Waals surface area contributed by atoms with Crippen LogP contribution in [0.15, 0.2) is 36.5 Å². The molecule has 1 heterocycles. The van der Waals surface area contributed by atoms with Crippen molar-refractivity contribution in [1.82, 2.24) is 4.98 Å². The number of amides is 1. The Bertz CT molecular complexity index is 872. The van der Waals surface area contributed by atoms with Gasteiger partial charge in [0.05, 0.1) is 0 Å². The minimum absolute atomic E-state index is 0. The number of methoxy groups -OCH3 is 1. The first kappa shape index (κ1) is 27.6. The number of nitrogens with zero attached hydrogens (tertiary/aromatic N) is 2. The molecule has 8 heteroatoms. The number of pyridine rings is 1. The van der Waals surface area contributed by atoms with Gasteiger partial charge in [0.15, 0.2) is 0 Å². The number of carbonyl (C=O) groups excluding carboxylic acids is 1.